The van der Waals surface area contributed by atoms with Crippen molar-refractivity contribution in [3.05, 3.63) is 47.3 Å². The molecule has 3 rings (SSSR count). The van der Waals surface area contributed by atoms with Crippen molar-refractivity contribution in [2.45, 2.75) is 31.4 Å². The molecule has 0 aromatic carbocycles. The molecule has 1 aliphatic heterocycles. The van der Waals surface area contributed by atoms with Crippen molar-refractivity contribution in [2.75, 3.05) is 7.05 Å². The summed E-state index contributed by atoms with van der Waals surface area (Å²) < 4.78 is 2.16. The second-order valence-electron chi connectivity index (χ2n) is 5.59. The second-order valence-corrected chi connectivity index (χ2v) is 6.80. The Morgan fingerprint density at radius 1 is 1.43 bits per heavy atom. The Labute approximate surface area is 130 Å². The van der Waals surface area contributed by atoms with Gasteiger partial charge in [-0.3, -0.25) is 4.31 Å². The Morgan fingerprint density at radius 3 is 2.86 bits per heavy atom. The summed E-state index contributed by atoms with van der Waals surface area (Å²) in [4.78, 5) is 0. The van der Waals surface area contributed by atoms with Crippen LogP contribution in [-0.2, 0) is 0 Å². The SMILES string of the molecule is CNN=C1/C(=C(\N)C2CC2)C(C)=CN1SC1C=CC=CC1. The molecule has 0 aromatic heterocycles. The summed E-state index contributed by atoms with van der Waals surface area (Å²) in [5.74, 6) is 1.49. The molecular weight excluding hydrogens is 280 g/mol. The monoisotopic (exact) mass is 302 g/mol. The van der Waals surface area contributed by atoms with E-state index in [9.17, 15) is 0 Å². The quantitative estimate of drug-likeness (QED) is 0.619. The molecule has 0 amide bonds. The van der Waals surface area contributed by atoms with E-state index in [1.165, 1.54) is 18.4 Å². The third-order valence-corrected chi connectivity index (χ3v) is 4.98. The maximum absolute atomic E-state index is 6.36. The molecule has 5 heteroatoms. The predicted octanol–water partition coefficient (Wildman–Crippen LogP) is 2.89. The first kappa shape index (κ1) is 14.3. The third kappa shape index (κ3) is 3.02. The zero-order valence-electron chi connectivity index (χ0n) is 12.5. The van der Waals surface area contributed by atoms with Gasteiger partial charge >= 0.3 is 0 Å². The van der Waals surface area contributed by atoms with Crippen LogP contribution < -0.4 is 11.2 Å². The van der Waals surface area contributed by atoms with Gasteiger partial charge in [0.05, 0.1) is 0 Å². The van der Waals surface area contributed by atoms with E-state index >= 15 is 0 Å². The van der Waals surface area contributed by atoms with Gasteiger partial charge in [-0.15, -0.1) is 0 Å². The molecule has 0 saturated heterocycles. The van der Waals surface area contributed by atoms with E-state index in [0.717, 1.165) is 23.5 Å². The lowest BCUT2D eigenvalue weighted by atomic mass is 10.1. The molecule has 2 aliphatic carbocycles. The molecule has 1 fully saturated rings. The van der Waals surface area contributed by atoms with Crippen LogP contribution in [0.2, 0.25) is 0 Å². The summed E-state index contributed by atoms with van der Waals surface area (Å²) in [6, 6.07) is 0. The Kier molecular flexibility index (Phi) is 4.10. The van der Waals surface area contributed by atoms with E-state index in [2.05, 4.69) is 52.3 Å². The summed E-state index contributed by atoms with van der Waals surface area (Å²) in [7, 11) is 1.83. The van der Waals surface area contributed by atoms with Crippen molar-refractivity contribution in [1.82, 2.24) is 9.73 Å². The third-order valence-electron chi connectivity index (χ3n) is 3.85. The summed E-state index contributed by atoms with van der Waals surface area (Å²) in [6.07, 6.45) is 14.3. The van der Waals surface area contributed by atoms with Crippen molar-refractivity contribution < 1.29 is 0 Å². The molecule has 0 aromatic rings. The van der Waals surface area contributed by atoms with Crippen molar-refractivity contribution >= 4 is 17.8 Å². The zero-order valence-corrected chi connectivity index (χ0v) is 13.4. The molecular formula is C16H22N4S. The topological polar surface area (TPSA) is 53.6 Å². The summed E-state index contributed by atoms with van der Waals surface area (Å²) in [5.41, 5.74) is 12.6. The minimum atomic E-state index is 0.447. The van der Waals surface area contributed by atoms with Crippen molar-refractivity contribution in [2.24, 2.45) is 16.8 Å². The van der Waals surface area contributed by atoms with E-state index < -0.39 is 0 Å². The zero-order chi connectivity index (χ0) is 14.8. The molecule has 112 valence electrons. The molecule has 1 heterocycles. The number of nitrogens with zero attached hydrogens (tertiary/aromatic N) is 2. The highest BCUT2D eigenvalue weighted by Crippen LogP contribution is 2.40. The lowest BCUT2D eigenvalue weighted by molar-refractivity contribution is 0.838. The number of rotatable bonds is 4. The maximum Gasteiger partial charge on any atom is 0.171 e. The van der Waals surface area contributed by atoms with Crippen LogP contribution in [0.15, 0.2) is 52.4 Å². The van der Waals surface area contributed by atoms with Crippen LogP contribution in [0.25, 0.3) is 0 Å². The van der Waals surface area contributed by atoms with Gasteiger partial charge in [-0.05, 0) is 49.6 Å². The molecule has 4 nitrogen and oxygen atoms in total. The van der Waals surface area contributed by atoms with Gasteiger partial charge in [0, 0.05) is 29.8 Å². The number of hydrogen-bond donors (Lipinski definition) is 2. The summed E-state index contributed by atoms with van der Waals surface area (Å²) in [5, 5.41) is 4.92. The van der Waals surface area contributed by atoms with Crippen LogP contribution in [0.1, 0.15) is 26.2 Å². The van der Waals surface area contributed by atoms with Crippen LogP contribution >= 0.6 is 11.9 Å². The minimum absolute atomic E-state index is 0.447. The van der Waals surface area contributed by atoms with Crippen LogP contribution in [-0.4, -0.2) is 22.4 Å². The van der Waals surface area contributed by atoms with Gasteiger partial charge in [0.25, 0.3) is 0 Å². The highest BCUT2D eigenvalue weighted by molar-refractivity contribution is 7.98. The Hall–Kier alpha value is -1.62. The summed E-state index contributed by atoms with van der Waals surface area (Å²) >= 11 is 1.79. The molecule has 1 atom stereocenters. The Balaban J connectivity index is 1.84. The van der Waals surface area contributed by atoms with Gasteiger partial charge in [-0.25, -0.2) is 0 Å². The van der Waals surface area contributed by atoms with Gasteiger partial charge in [0.2, 0.25) is 0 Å². The first-order chi connectivity index (χ1) is 10.2. The lowest BCUT2D eigenvalue weighted by Gasteiger charge is -2.21. The number of nitrogens with one attached hydrogen (secondary N) is 1. The van der Waals surface area contributed by atoms with Gasteiger partial charge in [0.1, 0.15) is 0 Å². The van der Waals surface area contributed by atoms with Gasteiger partial charge in [-0.1, -0.05) is 24.3 Å². The summed E-state index contributed by atoms with van der Waals surface area (Å²) in [6.45, 7) is 2.12. The first-order valence-electron chi connectivity index (χ1n) is 7.43. The van der Waals surface area contributed by atoms with Crippen molar-refractivity contribution in [3.63, 3.8) is 0 Å². The predicted molar refractivity (Wildman–Crippen MR) is 90.3 cm³/mol. The largest absolute Gasteiger partial charge is 0.401 e. The van der Waals surface area contributed by atoms with E-state index in [0.29, 0.717) is 11.2 Å². The lowest BCUT2D eigenvalue weighted by Crippen LogP contribution is -2.23. The van der Waals surface area contributed by atoms with Crippen molar-refractivity contribution in [3.8, 4) is 0 Å². The molecule has 1 unspecified atom stereocenters. The van der Waals surface area contributed by atoms with Crippen molar-refractivity contribution in [1.29, 1.82) is 0 Å². The molecule has 0 radical (unpaired) electrons. The fourth-order valence-corrected chi connectivity index (χ4v) is 3.72. The highest BCUT2D eigenvalue weighted by atomic mass is 32.2. The fourth-order valence-electron chi connectivity index (χ4n) is 2.62. The smallest absolute Gasteiger partial charge is 0.171 e. The number of hydrogen-bond acceptors (Lipinski definition) is 4. The van der Waals surface area contributed by atoms with Crippen LogP contribution in [0.4, 0.5) is 0 Å². The fraction of sp³-hybridized carbons (Fsp3) is 0.438. The van der Waals surface area contributed by atoms with Crippen LogP contribution in [0, 0.1) is 5.92 Å². The van der Waals surface area contributed by atoms with Crippen LogP contribution in [0.3, 0.4) is 0 Å². The average Bonchev–Trinajstić information content (AvgIpc) is 3.27. The van der Waals surface area contributed by atoms with Crippen LogP contribution in [0.5, 0.6) is 0 Å². The second kappa shape index (κ2) is 6.02. The molecule has 3 aliphatic rings. The first-order valence-corrected chi connectivity index (χ1v) is 8.27. The van der Waals surface area contributed by atoms with E-state index in [1.54, 1.807) is 11.9 Å². The minimum Gasteiger partial charge on any atom is -0.401 e. The number of amidine groups is 1. The van der Waals surface area contributed by atoms with Gasteiger partial charge < -0.3 is 11.2 Å². The maximum atomic E-state index is 6.36. The van der Waals surface area contributed by atoms with E-state index in [1.807, 2.05) is 7.05 Å². The Bertz CT molecular complexity index is 567. The molecule has 3 N–H and O–H groups in total. The normalized spacial score (nSPS) is 29.0. The van der Waals surface area contributed by atoms with E-state index in [-0.39, 0.29) is 0 Å². The van der Waals surface area contributed by atoms with Gasteiger partial charge in [-0.2, -0.15) is 5.10 Å². The molecule has 0 bridgehead atoms. The number of allylic oxidation sites excluding steroid dienone is 4. The number of nitrogens with two attached hydrogens (primary N) is 1. The van der Waals surface area contributed by atoms with Gasteiger partial charge in [0.15, 0.2) is 5.84 Å². The number of hydrazone groups is 1. The average molecular weight is 302 g/mol. The Morgan fingerprint density at radius 2 is 2.24 bits per heavy atom. The molecule has 0 spiro atoms. The highest BCUT2D eigenvalue weighted by Gasteiger charge is 2.34. The standard InChI is InChI=1S/C16H22N4S/c1-11-10-20(21-13-6-4-3-5-7-13)16(19-18-2)14(11)15(17)12-8-9-12/h3-6,10,12-13,18H,7-9,17H2,1-2H3/b15-14-,19-16?. The van der Waals surface area contributed by atoms with E-state index in [4.69, 9.17) is 5.73 Å². The molecule has 1 saturated carbocycles. The molecule has 21 heavy (non-hydrogen) atoms.